The van der Waals surface area contributed by atoms with Gasteiger partial charge in [-0.05, 0) is 37.1 Å². The number of halogens is 2. The van der Waals surface area contributed by atoms with E-state index < -0.39 is 37.9 Å². The second-order valence-electron chi connectivity index (χ2n) is 7.26. The van der Waals surface area contributed by atoms with Gasteiger partial charge in [-0.2, -0.15) is 4.31 Å². The number of nitrogens with zero attached hydrogens (tertiary/aromatic N) is 1. The highest BCUT2D eigenvalue weighted by atomic mass is 32.2. The minimum absolute atomic E-state index is 0.0536. The molecule has 1 amide bonds. The Kier molecular flexibility index (Phi) is 6.18. The number of primary amides is 1. The van der Waals surface area contributed by atoms with Crippen LogP contribution in [0.4, 0.5) is 8.78 Å². The van der Waals surface area contributed by atoms with Crippen molar-refractivity contribution in [1.29, 1.82) is 0 Å². The van der Waals surface area contributed by atoms with E-state index in [9.17, 15) is 22.0 Å². The van der Waals surface area contributed by atoms with Crippen LogP contribution in [-0.2, 0) is 14.8 Å². The maximum atomic E-state index is 14.1. The van der Waals surface area contributed by atoms with Gasteiger partial charge in [0.25, 0.3) is 0 Å². The van der Waals surface area contributed by atoms with Crippen molar-refractivity contribution < 1.29 is 26.7 Å². The fourth-order valence-corrected chi connectivity index (χ4v) is 5.26. The molecule has 2 N–H and O–H groups in total. The van der Waals surface area contributed by atoms with Gasteiger partial charge in [-0.3, -0.25) is 4.79 Å². The van der Waals surface area contributed by atoms with Gasteiger partial charge >= 0.3 is 0 Å². The monoisotopic (exact) mass is 424 g/mol. The lowest BCUT2D eigenvalue weighted by Crippen LogP contribution is -2.50. The molecular formula is C20H22F2N2O4S. The van der Waals surface area contributed by atoms with Crippen LogP contribution >= 0.6 is 0 Å². The van der Waals surface area contributed by atoms with E-state index in [1.807, 2.05) is 6.07 Å². The summed E-state index contributed by atoms with van der Waals surface area (Å²) in [5, 5.41) is 0. The van der Waals surface area contributed by atoms with Crippen molar-refractivity contribution >= 4 is 15.9 Å². The molecule has 29 heavy (non-hydrogen) atoms. The molecule has 0 radical (unpaired) electrons. The van der Waals surface area contributed by atoms with E-state index in [4.69, 9.17) is 10.5 Å². The molecule has 6 nitrogen and oxygen atoms in total. The molecule has 1 atom stereocenters. The molecule has 0 bridgehead atoms. The van der Waals surface area contributed by atoms with Gasteiger partial charge < -0.3 is 10.5 Å². The van der Waals surface area contributed by atoms with Gasteiger partial charge in [0.2, 0.25) is 15.9 Å². The summed E-state index contributed by atoms with van der Waals surface area (Å²) < 4.78 is 60.2. The van der Waals surface area contributed by atoms with Crippen molar-refractivity contribution in [2.75, 3.05) is 19.7 Å². The van der Waals surface area contributed by atoms with Crippen molar-refractivity contribution in [2.24, 2.45) is 11.1 Å². The molecule has 0 unspecified atom stereocenters. The van der Waals surface area contributed by atoms with Gasteiger partial charge in [-0.15, -0.1) is 0 Å². The van der Waals surface area contributed by atoms with E-state index in [-0.39, 0.29) is 26.1 Å². The van der Waals surface area contributed by atoms with E-state index in [1.54, 1.807) is 24.3 Å². The highest BCUT2D eigenvalue weighted by Crippen LogP contribution is 2.37. The third kappa shape index (κ3) is 4.91. The molecule has 156 valence electrons. The van der Waals surface area contributed by atoms with Crippen LogP contribution in [0.2, 0.25) is 0 Å². The average molecular weight is 424 g/mol. The zero-order valence-electron chi connectivity index (χ0n) is 15.7. The van der Waals surface area contributed by atoms with Crippen LogP contribution in [0.25, 0.3) is 0 Å². The highest BCUT2D eigenvalue weighted by Gasteiger charge is 2.42. The summed E-state index contributed by atoms with van der Waals surface area (Å²) in [5.41, 5.74) is 4.58. The fourth-order valence-electron chi connectivity index (χ4n) is 3.63. The van der Waals surface area contributed by atoms with Crippen molar-refractivity contribution in [3.8, 4) is 5.75 Å². The minimum Gasteiger partial charge on any atom is -0.493 e. The smallest absolute Gasteiger partial charge is 0.246 e. The van der Waals surface area contributed by atoms with E-state index in [0.717, 1.165) is 16.4 Å². The number of para-hydroxylation sites is 1. The Morgan fingerprint density at radius 1 is 1.17 bits per heavy atom. The van der Waals surface area contributed by atoms with E-state index in [2.05, 4.69) is 0 Å². The number of piperidine rings is 1. The number of ether oxygens (including phenoxy) is 1. The Hall–Kier alpha value is -2.52. The zero-order chi connectivity index (χ0) is 21.1. The predicted molar refractivity (Wildman–Crippen MR) is 103 cm³/mol. The van der Waals surface area contributed by atoms with Crippen LogP contribution in [0.15, 0.2) is 53.4 Å². The normalized spacial score (nSPS) is 20.3. The first kappa shape index (κ1) is 21.2. The molecule has 0 aliphatic carbocycles. The topological polar surface area (TPSA) is 89.7 Å². The van der Waals surface area contributed by atoms with Crippen LogP contribution in [0.5, 0.6) is 5.75 Å². The third-order valence-corrected chi connectivity index (χ3v) is 6.85. The molecule has 2 aromatic rings. The third-order valence-electron chi connectivity index (χ3n) is 4.98. The van der Waals surface area contributed by atoms with Gasteiger partial charge in [0, 0.05) is 31.0 Å². The maximum absolute atomic E-state index is 14.1. The average Bonchev–Trinajstić information content (AvgIpc) is 2.67. The first-order chi connectivity index (χ1) is 13.7. The number of nitrogens with two attached hydrogens (primary N) is 1. The number of carbonyl (C=O) groups is 1. The Bertz CT molecular complexity index is 985. The molecule has 1 saturated heterocycles. The summed E-state index contributed by atoms with van der Waals surface area (Å²) in [5.74, 6) is -2.01. The number of amides is 1. The van der Waals surface area contributed by atoms with E-state index in [0.29, 0.717) is 24.7 Å². The van der Waals surface area contributed by atoms with Crippen molar-refractivity contribution in [2.45, 2.75) is 24.2 Å². The van der Waals surface area contributed by atoms with Gasteiger partial charge in [0.15, 0.2) is 0 Å². The molecule has 1 aliphatic heterocycles. The van der Waals surface area contributed by atoms with Crippen molar-refractivity contribution in [3.63, 3.8) is 0 Å². The molecular weight excluding hydrogens is 402 g/mol. The number of sulfonamides is 1. The number of benzene rings is 2. The van der Waals surface area contributed by atoms with E-state index >= 15 is 0 Å². The molecule has 0 spiro atoms. The lowest BCUT2D eigenvalue weighted by molar-refractivity contribution is -0.121. The lowest BCUT2D eigenvalue weighted by Gasteiger charge is -2.41. The van der Waals surface area contributed by atoms with Crippen LogP contribution in [0, 0.1) is 17.0 Å². The van der Waals surface area contributed by atoms with Gasteiger partial charge in [-0.25, -0.2) is 17.2 Å². The Labute approximate surface area is 168 Å². The van der Waals surface area contributed by atoms with E-state index in [1.165, 1.54) is 0 Å². The van der Waals surface area contributed by atoms with Crippen molar-refractivity contribution in [3.05, 3.63) is 60.2 Å². The molecule has 3 rings (SSSR count). The highest BCUT2D eigenvalue weighted by molar-refractivity contribution is 7.89. The minimum atomic E-state index is -4.22. The van der Waals surface area contributed by atoms with Crippen LogP contribution in [0.3, 0.4) is 0 Å². The SMILES string of the molecule is NC(=O)C[C@@]1(COc2ccccc2)CCCN(S(=O)(=O)c2ccc(F)cc2F)C1. The Morgan fingerprint density at radius 2 is 1.90 bits per heavy atom. The van der Waals surface area contributed by atoms with Crippen LogP contribution in [0.1, 0.15) is 19.3 Å². The van der Waals surface area contributed by atoms with Crippen LogP contribution < -0.4 is 10.5 Å². The Morgan fingerprint density at radius 3 is 2.55 bits per heavy atom. The predicted octanol–water partition coefficient (Wildman–Crippen LogP) is 2.69. The maximum Gasteiger partial charge on any atom is 0.246 e. The molecule has 1 aliphatic rings. The molecule has 9 heteroatoms. The summed E-state index contributed by atoms with van der Waals surface area (Å²) >= 11 is 0. The second-order valence-corrected chi connectivity index (χ2v) is 9.17. The standard InChI is InChI=1S/C20H22F2N2O4S/c21-15-7-8-18(17(22)11-15)29(26,27)24-10-4-9-20(13-24,12-19(23)25)14-28-16-5-2-1-3-6-16/h1-3,5-8,11H,4,9-10,12-14H2,(H2,23,25)/t20-/m0/s1. The lowest BCUT2D eigenvalue weighted by atomic mass is 9.78. The number of hydrogen-bond acceptors (Lipinski definition) is 4. The van der Waals surface area contributed by atoms with Crippen molar-refractivity contribution in [1.82, 2.24) is 4.31 Å². The molecule has 1 heterocycles. The summed E-state index contributed by atoms with van der Waals surface area (Å²) in [4.78, 5) is 11.1. The van der Waals surface area contributed by atoms with Gasteiger partial charge in [0.1, 0.15) is 22.3 Å². The molecule has 0 saturated carbocycles. The zero-order valence-corrected chi connectivity index (χ0v) is 16.5. The Balaban J connectivity index is 1.86. The molecule has 0 aromatic heterocycles. The molecule has 2 aromatic carbocycles. The fraction of sp³-hybridized carbons (Fsp3) is 0.350. The number of carbonyl (C=O) groups excluding carboxylic acids is 1. The summed E-state index contributed by atoms with van der Waals surface area (Å²) in [6.45, 7) is 0.185. The quantitative estimate of drug-likeness (QED) is 0.740. The first-order valence-corrected chi connectivity index (χ1v) is 10.6. The number of hydrogen-bond donors (Lipinski definition) is 1. The number of rotatable bonds is 7. The van der Waals surface area contributed by atoms with Gasteiger partial charge in [-0.1, -0.05) is 18.2 Å². The summed E-state index contributed by atoms with van der Waals surface area (Å²) in [6.07, 6.45) is 0.909. The largest absolute Gasteiger partial charge is 0.493 e. The second kappa shape index (κ2) is 8.46. The summed E-state index contributed by atoms with van der Waals surface area (Å²) in [6, 6.07) is 11.3. The summed E-state index contributed by atoms with van der Waals surface area (Å²) in [7, 11) is -4.22. The molecule has 1 fully saturated rings. The first-order valence-electron chi connectivity index (χ1n) is 9.13. The van der Waals surface area contributed by atoms with Gasteiger partial charge in [0.05, 0.1) is 6.61 Å². The van der Waals surface area contributed by atoms with Crippen LogP contribution in [-0.4, -0.2) is 38.3 Å².